The fraction of sp³-hybridized carbons (Fsp3) is 0.800. The highest BCUT2D eigenvalue weighted by Gasteiger charge is 2.20. The Kier molecular flexibility index (Phi) is 1.79. The summed E-state index contributed by atoms with van der Waals surface area (Å²) < 4.78 is 0. The van der Waals surface area contributed by atoms with Gasteiger partial charge in [-0.05, 0) is 50.4 Å². The summed E-state index contributed by atoms with van der Waals surface area (Å²) in [5.74, 6) is 2.04. The van der Waals surface area contributed by atoms with Crippen LogP contribution in [0.2, 0.25) is 0 Å². The Labute approximate surface area is 63.3 Å². The number of rotatable bonds is 0. The minimum absolute atomic E-state index is 0.955. The molecule has 0 unspecified atom stereocenters. The van der Waals surface area contributed by atoms with Gasteiger partial charge in [0.1, 0.15) is 0 Å². The lowest BCUT2D eigenvalue weighted by Gasteiger charge is -2.28. The second-order valence-electron chi connectivity index (χ2n) is 3.79. The van der Waals surface area contributed by atoms with Gasteiger partial charge in [0.05, 0.1) is 0 Å². The van der Waals surface area contributed by atoms with E-state index in [1.54, 1.807) is 0 Å². The van der Waals surface area contributed by atoms with Crippen molar-refractivity contribution in [2.45, 2.75) is 38.5 Å². The maximum atomic E-state index is 2.45. The van der Waals surface area contributed by atoms with Gasteiger partial charge in [-0.25, -0.2) is 0 Å². The maximum absolute atomic E-state index is 2.45. The van der Waals surface area contributed by atoms with E-state index in [1.165, 1.54) is 38.5 Å². The molecule has 0 nitrogen and oxygen atoms in total. The zero-order chi connectivity index (χ0) is 6.81. The Morgan fingerprint density at radius 1 is 0.900 bits per heavy atom. The van der Waals surface area contributed by atoms with Crippen molar-refractivity contribution < 1.29 is 0 Å². The lowest BCUT2D eigenvalue weighted by molar-refractivity contribution is 0.289. The van der Waals surface area contributed by atoms with Gasteiger partial charge in [-0.3, -0.25) is 0 Å². The van der Waals surface area contributed by atoms with Crippen LogP contribution >= 0.6 is 0 Å². The second-order valence-corrected chi connectivity index (χ2v) is 3.79. The predicted molar refractivity (Wildman–Crippen MR) is 43.8 cm³/mol. The fourth-order valence-electron chi connectivity index (χ4n) is 2.29. The van der Waals surface area contributed by atoms with Crippen LogP contribution in [0.5, 0.6) is 0 Å². The van der Waals surface area contributed by atoms with Gasteiger partial charge in [-0.2, -0.15) is 0 Å². The molecule has 0 radical (unpaired) electrons. The van der Waals surface area contributed by atoms with Gasteiger partial charge in [-0.1, -0.05) is 12.2 Å². The maximum Gasteiger partial charge on any atom is -0.0233 e. The van der Waals surface area contributed by atoms with E-state index in [9.17, 15) is 0 Å². The van der Waals surface area contributed by atoms with Crippen LogP contribution in [0.15, 0.2) is 12.2 Å². The van der Waals surface area contributed by atoms with Crippen molar-refractivity contribution in [3.05, 3.63) is 12.2 Å². The molecule has 0 aliphatic heterocycles. The van der Waals surface area contributed by atoms with Gasteiger partial charge in [0.15, 0.2) is 0 Å². The SMILES string of the molecule is C1=CC2CCC(CC1)CC2. The number of allylic oxidation sites excluding steroid dienone is 2. The highest BCUT2D eigenvalue weighted by atomic mass is 14.3. The molecule has 0 heteroatoms. The van der Waals surface area contributed by atoms with Crippen LogP contribution in [0.4, 0.5) is 0 Å². The van der Waals surface area contributed by atoms with Gasteiger partial charge < -0.3 is 0 Å². The van der Waals surface area contributed by atoms with Crippen molar-refractivity contribution in [3.63, 3.8) is 0 Å². The molecule has 0 aromatic carbocycles. The summed E-state index contributed by atoms with van der Waals surface area (Å²) in [6.45, 7) is 0. The van der Waals surface area contributed by atoms with E-state index in [1.807, 2.05) is 0 Å². The van der Waals surface area contributed by atoms with Crippen LogP contribution in [-0.4, -0.2) is 0 Å². The van der Waals surface area contributed by atoms with Gasteiger partial charge in [-0.15, -0.1) is 0 Å². The largest absolute Gasteiger partial charge is 0.0882 e. The van der Waals surface area contributed by atoms with Crippen molar-refractivity contribution in [2.24, 2.45) is 11.8 Å². The average Bonchev–Trinajstić information content (AvgIpc) is 1.89. The third kappa shape index (κ3) is 1.25. The van der Waals surface area contributed by atoms with Crippen LogP contribution in [0.25, 0.3) is 0 Å². The first-order valence-corrected chi connectivity index (χ1v) is 4.62. The highest BCUT2D eigenvalue weighted by Crippen LogP contribution is 2.34. The molecule has 0 aromatic heterocycles. The van der Waals surface area contributed by atoms with Crippen LogP contribution in [-0.2, 0) is 0 Å². The topological polar surface area (TPSA) is 0 Å². The molecule has 0 amide bonds. The van der Waals surface area contributed by atoms with Crippen LogP contribution in [0.3, 0.4) is 0 Å². The molecule has 1 saturated carbocycles. The van der Waals surface area contributed by atoms with E-state index in [2.05, 4.69) is 12.2 Å². The summed E-state index contributed by atoms with van der Waals surface area (Å²) in [6, 6.07) is 0. The normalized spacial score (nSPS) is 39.2. The minimum Gasteiger partial charge on any atom is -0.0882 e. The molecule has 10 heavy (non-hydrogen) atoms. The van der Waals surface area contributed by atoms with E-state index < -0.39 is 0 Å². The first-order valence-electron chi connectivity index (χ1n) is 4.62. The van der Waals surface area contributed by atoms with E-state index >= 15 is 0 Å². The molecule has 1 fully saturated rings. The standard InChI is InChI=1S/C10H16/c1-2-4-10-7-5-9(3-1)6-8-10/h1,3,9-10H,2,4-8H2. The van der Waals surface area contributed by atoms with Crippen LogP contribution < -0.4 is 0 Å². The second kappa shape index (κ2) is 2.77. The lowest BCUT2D eigenvalue weighted by Crippen LogP contribution is -2.14. The minimum atomic E-state index is 0.955. The van der Waals surface area contributed by atoms with Crippen molar-refractivity contribution in [1.82, 2.24) is 0 Å². The Balaban J connectivity index is 2.07. The number of fused-ring (bicyclic) bond motifs is 4. The summed E-state index contributed by atoms with van der Waals surface area (Å²) in [7, 11) is 0. The average molecular weight is 136 g/mol. The molecule has 0 spiro atoms. The molecule has 56 valence electrons. The van der Waals surface area contributed by atoms with Crippen molar-refractivity contribution >= 4 is 0 Å². The molecular weight excluding hydrogens is 120 g/mol. The Morgan fingerprint density at radius 2 is 1.70 bits per heavy atom. The third-order valence-electron chi connectivity index (χ3n) is 3.04. The number of hydrogen-bond donors (Lipinski definition) is 0. The Bertz CT molecular complexity index is 127. The van der Waals surface area contributed by atoms with Gasteiger partial charge in [0.2, 0.25) is 0 Å². The summed E-state index contributed by atoms with van der Waals surface area (Å²) in [4.78, 5) is 0. The van der Waals surface area contributed by atoms with Crippen molar-refractivity contribution in [3.8, 4) is 0 Å². The molecule has 3 rings (SSSR count). The van der Waals surface area contributed by atoms with E-state index in [4.69, 9.17) is 0 Å². The molecule has 3 aliphatic rings. The Hall–Kier alpha value is -0.260. The predicted octanol–water partition coefficient (Wildman–Crippen LogP) is 3.14. The summed E-state index contributed by atoms with van der Waals surface area (Å²) in [5, 5.41) is 0. The number of hydrogen-bond acceptors (Lipinski definition) is 0. The van der Waals surface area contributed by atoms with Gasteiger partial charge >= 0.3 is 0 Å². The lowest BCUT2D eigenvalue weighted by atomic mass is 9.78. The zero-order valence-electron chi connectivity index (χ0n) is 6.55. The molecule has 3 aliphatic carbocycles. The summed E-state index contributed by atoms with van der Waals surface area (Å²) in [5.41, 5.74) is 0. The van der Waals surface area contributed by atoms with E-state index in [0.29, 0.717) is 0 Å². The smallest absolute Gasteiger partial charge is 0.0233 e. The highest BCUT2D eigenvalue weighted by molar-refractivity contribution is 4.94. The monoisotopic (exact) mass is 136 g/mol. The summed E-state index contributed by atoms with van der Waals surface area (Å²) in [6.07, 6.45) is 13.6. The first kappa shape index (κ1) is 6.45. The molecule has 0 heterocycles. The zero-order valence-corrected chi connectivity index (χ0v) is 6.55. The third-order valence-corrected chi connectivity index (χ3v) is 3.04. The molecule has 0 saturated heterocycles. The summed E-state index contributed by atoms with van der Waals surface area (Å²) >= 11 is 0. The fourth-order valence-corrected chi connectivity index (χ4v) is 2.29. The van der Waals surface area contributed by atoms with Gasteiger partial charge in [0.25, 0.3) is 0 Å². The van der Waals surface area contributed by atoms with Gasteiger partial charge in [0, 0.05) is 0 Å². The van der Waals surface area contributed by atoms with Crippen LogP contribution in [0, 0.1) is 11.8 Å². The van der Waals surface area contributed by atoms with E-state index in [-0.39, 0.29) is 0 Å². The first-order chi connectivity index (χ1) is 4.95. The van der Waals surface area contributed by atoms with Crippen molar-refractivity contribution in [2.75, 3.05) is 0 Å². The molecular formula is C10H16. The quantitative estimate of drug-likeness (QED) is 0.449. The van der Waals surface area contributed by atoms with E-state index in [0.717, 1.165) is 11.8 Å². The van der Waals surface area contributed by atoms with Crippen molar-refractivity contribution in [1.29, 1.82) is 0 Å². The molecule has 0 N–H and O–H groups in total. The molecule has 0 atom stereocenters. The molecule has 0 aromatic rings. The Morgan fingerprint density at radius 3 is 2.50 bits per heavy atom. The van der Waals surface area contributed by atoms with Crippen LogP contribution in [0.1, 0.15) is 38.5 Å². The molecule has 2 bridgehead atoms.